The van der Waals surface area contributed by atoms with Crippen LogP contribution in [0.5, 0.6) is 11.5 Å². The van der Waals surface area contributed by atoms with Gasteiger partial charge in [0.25, 0.3) is 5.56 Å². The van der Waals surface area contributed by atoms with Crippen molar-refractivity contribution in [2.24, 2.45) is 0 Å². The molecule has 0 aliphatic heterocycles. The number of ether oxygens (including phenoxy) is 2. The number of hydrogen-bond acceptors (Lipinski definition) is 5. The minimum absolute atomic E-state index is 0.0283. The molecule has 0 saturated heterocycles. The second kappa shape index (κ2) is 9.45. The zero-order chi connectivity index (χ0) is 21.6. The molecule has 0 amide bonds. The number of rotatable bonds is 8. The van der Waals surface area contributed by atoms with E-state index < -0.39 is 6.10 Å². The maximum atomic E-state index is 13.0. The van der Waals surface area contributed by atoms with Crippen molar-refractivity contribution in [2.75, 3.05) is 13.2 Å². The zero-order valence-electron chi connectivity index (χ0n) is 17.3. The molecule has 6 heteroatoms. The Hall–Kier alpha value is -3.64. The number of aliphatic hydroxyl groups excluding tert-OH is 1. The lowest BCUT2D eigenvalue weighted by molar-refractivity contribution is 0.0882. The second-order valence-corrected chi connectivity index (χ2v) is 7.12. The van der Waals surface area contributed by atoms with Gasteiger partial charge in [0.05, 0.1) is 24.2 Å². The molecule has 1 N–H and O–H groups in total. The lowest BCUT2D eigenvalue weighted by atomic mass is 10.1. The topological polar surface area (TPSA) is 73.6 Å². The van der Waals surface area contributed by atoms with Crippen LogP contribution in [0.2, 0.25) is 0 Å². The number of nitrogens with zero attached hydrogens (tertiary/aromatic N) is 2. The predicted molar refractivity (Wildman–Crippen MR) is 121 cm³/mol. The van der Waals surface area contributed by atoms with E-state index in [0.29, 0.717) is 23.4 Å². The van der Waals surface area contributed by atoms with Crippen LogP contribution in [0.1, 0.15) is 6.92 Å². The van der Waals surface area contributed by atoms with Gasteiger partial charge in [0, 0.05) is 10.9 Å². The summed E-state index contributed by atoms with van der Waals surface area (Å²) in [6.45, 7) is 2.58. The molecule has 6 nitrogen and oxygen atoms in total. The van der Waals surface area contributed by atoms with E-state index in [2.05, 4.69) is 5.10 Å². The molecule has 0 fully saturated rings. The van der Waals surface area contributed by atoms with E-state index in [1.807, 2.05) is 67.6 Å². The van der Waals surface area contributed by atoms with Gasteiger partial charge in [-0.3, -0.25) is 4.79 Å². The first-order valence-corrected chi connectivity index (χ1v) is 10.2. The van der Waals surface area contributed by atoms with Gasteiger partial charge in [0.15, 0.2) is 0 Å². The highest BCUT2D eigenvalue weighted by molar-refractivity contribution is 5.93. The Morgan fingerprint density at radius 3 is 2.16 bits per heavy atom. The summed E-state index contributed by atoms with van der Waals surface area (Å²) in [5.41, 5.74) is 1.37. The summed E-state index contributed by atoms with van der Waals surface area (Å²) < 4.78 is 12.4. The Morgan fingerprint density at radius 1 is 0.871 bits per heavy atom. The fourth-order valence-electron chi connectivity index (χ4n) is 3.41. The van der Waals surface area contributed by atoms with E-state index in [9.17, 15) is 9.90 Å². The number of benzene rings is 3. The van der Waals surface area contributed by atoms with Crippen LogP contribution in [-0.2, 0) is 6.54 Å². The molecule has 1 unspecified atom stereocenters. The molecule has 1 heterocycles. The molecular weight excluding hydrogens is 392 g/mol. The maximum Gasteiger partial charge on any atom is 0.274 e. The van der Waals surface area contributed by atoms with Crippen LogP contribution in [0.25, 0.3) is 22.0 Å². The average Bonchev–Trinajstić information content (AvgIpc) is 2.81. The Balaban J connectivity index is 1.55. The highest BCUT2D eigenvalue weighted by atomic mass is 16.5. The smallest absolute Gasteiger partial charge is 0.274 e. The summed E-state index contributed by atoms with van der Waals surface area (Å²) >= 11 is 0. The molecular formula is C25H24N2O4. The molecule has 0 radical (unpaired) electrons. The molecule has 0 aliphatic carbocycles. The molecule has 4 rings (SSSR count). The SMILES string of the molecule is CCOc1ccc(OCC(O)Cn2nc(-c3ccccc3)c3ccccc3c2=O)cc1. The zero-order valence-corrected chi connectivity index (χ0v) is 17.3. The lowest BCUT2D eigenvalue weighted by Crippen LogP contribution is -2.32. The minimum Gasteiger partial charge on any atom is -0.494 e. The van der Waals surface area contributed by atoms with Crippen molar-refractivity contribution < 1.29 is 14.6 Å². The molecule has 3 aromatic carbocycles. The maximum absolute atomic E-state index is 13.0. The molecule has 4 aromatic rings. The first-order chi connectivity index (χ1) is 15.2. The largest absolute Gasteiger partial charge is 0.494 e. The Bertz CT molecular complexity index is 1200. The second-order valence-electron chi connectivity index (χ2n) is 7.12. The van der Waals surface area contributed by atoms with E-state index in [-0.39, 0.29) is 18.7 Å². The molecule has 0 aliphatic rings. The van der Waals surface area contributed by atoms with E-state index in [4.69, 9.17) is 9.47 Å². The van der Waals surface area contributed by atoms with Gasteiger partial charge in [0.2, 0.25) is 0 Å². The first kappa shape index (κ1) is 20.6. The first-order valence-electron chi connectivity index (χ1n) is 10.2. The summed E-state index contributed by atoms with van der Waals surface area (Å²) in [7, 11) is 0. The van der Waals surface area contributed by atoms with Crippen molar-refractivity contribution >= 4 is 10.8 Å². The highest BCUT2D eigenvalue weighted by Gasteiger charge is 2.15. The molecule has 158 valence electrons. The summed E-state index contributed by atoms with van der Waals surface area (Å²) in [6, 6.07) is 24.3. The highest BCUT2D eigenvalue weighted by Crippen LogP contribution is 2.24. The van der Waals surface area contributed by atoms with Crippen LogP contribution in [0, 0.1) is 0 Å². The Morgan fingerprint density at radius 2 is 1.48 bits per heavy atom. The van der Waals surface area contributed by atoms with Crippen LogP contribution in [0.15, 0.2) is 83.7 Å². The van der Waals surface area contributed by atoms with E-state index >= 15 is 0 Å². The Labute approximate surface area is 180 Å². The summed E-state index contributed by atoms with van der Waals surface area (Å²) in [5, 5.41) is 16.4. The quantitative estimate of drug-likeness (QED) is 0.472. The number of fused-ring (bicyclic) bond motifs is 1. The molecule has 1 aromatic heterocycles. The fourth-order valence-corrected chi connectivity index (χ4v) is 3.41. The third-order valence-corrected chi connectivity index (χ3v) is 4.88. The molecule has 0 spiro atoms. The van der Waals surface area contributed by atoms with Crippen LogP contribution in [0.3, 0.4) is 0 Å². The number of aromatic nitrogens is 2. The van der Waals surface area contributed by atoms with E-state index in [1.165, 1.54) is 4.68 Å². The van der Waals surface area contributed by atoms with Gasteiger partial charge in [0.1, 0.15) is 24.2 Å². The third-order valence-electron chi connectivity index (χ3n) is 4.88. The van der Waals surface area contributed by atoms with Crippen molar-refractivity contribution in [1.29, 1.82) is 0 Å². The van der Waals surface area contributed by atoms with Gasteiger partial charge in [-0.15, -0.1) is 0 Å². The van der Waals surface area contributed by atoms with Gasteiger partial charge in [-0.25, -0.2) is 4.68 Å². The van der Waals surface area contributed by atoms with Crippen LogP contribution >= 0.6 is 0 Å². The third kappa shape index (κ3) is 4.75. The summed E-state index contributed by atoms with van der Waals surface area (Å²) in [4.78, 5) is 13.0. The number of hydrogen-bond donors (Lipinski definition) is 1. The standard InChI is InChI=1S/C25H24N2O4/c1-2-30-20-12-14-21(15-13-20)31-17-19(28)16-27-25(29)23-11-7-6-10-22(23)24(26-27)18-8-4-3-5-9-18/h3-15,19,28H,2,16-17H2,1H3. The molecule has 1 atom stereocenters. The van der Waals surface area contributed by atoms with Gasteiger partial charge >= 0.3 is 0 Å². The van der Waals surface area contributed by atoms with Gasteiger partial charge in [-0.05, 0) is 37.3 Å². The molecule has 0 saturated carbocycles. The van der Waals surface area contributed by atoms with Crippen LogP contribution < -0.4 is 15.0 Å². The van der Waals surface area contributed by atoms with Gasteiger partial charge < -0.3 is 14.6 Å². The van der Waals surface area contributed by atoms with Crippen molar-refractivity contribution in [3.05, 3.63) is 89.2 Å². The van der Waals surface area contributed by atoms with Gasteiger partial charge in [-0.1, -0.05) is 48.5 Å². The van der Waals surface area contributed by atoms with Crippen LogP contribution in [0.4, 0.5) is 0 Å². The van der Waals surface area contributed by atoms with Crippen LogP contribution in [-0.4, -0.2) is 34.2 Å². The van der Waals surface area contributed by atoms with Crippen molar-refractivity contribution in [2.45, 2.75) is 19.6 Å². The van der Waals surface area contributed by atoms with E-state index in [0.717, 1.165) is 16.7 Å². The van der Waals surface area contributed by atoms with E-state index in [1.54, 1.807) is 18.2 Å². The fraction of sp³-hybridized carbons (Fsp3) is 0.200. The van der Waals surface area contributed by atoms with Crippen molar-refractivity contribution in [3.63, 3.8) is 0 Å². The average molecular weight is 416 g/mol. The van der Waals surface area contributed by atoms with Crippen molar-refractivity contribution in [3.8, 4) is 22.8 Å². The van der Waals surface area contributed by atoms with Gasteiger partial charge in [-0.2, -0.15) is 5.10 Å². The predicted octanol–water partition coefficient (Wildman–Crippen LogP) is 3.90. The molecule has 0 bridgehead atoms. The number of aliphatic hydroxyl groups is 1. The lowest BCUT2D eigenvalue weighted by Gasteiger charge is -2.15. The summed E-state index contributed by atoms with van der Waals surface area (Å²) in [6.07, 6.45) is -0.901. The normalized spacial score (nSPS) is 11.9. The molecule has 31 heavy (non-hydrogen) atoms. The minimum atomic E-state index is -0.901. The summed E-state index contributed by atoms with van der Waals surface area (Å²) in [5.74, 6) is 1.38. The Kier molecular flexibility index (Phi) is 6.29. The van der Waals surface area contributed by atoms with Crippen molar-refractivity contribution in [1.82, 2.24) is 9.78 Å². The monoisotopic (exact) mass is 416 g/mol.